The SMILES string of the molecule is Cc1ccc(Cl)cc1-c1cccc(Cl)c1.Cc1ccc(N2c3ccccc3[Si](c3ccccc3)(c3ccccc3)c3ccccc32)cc1-c1cc(N2c3ccccc3[Si](c3ccccc3)(c3ccccc3)c3ccccc32)ccc1C.c1ccc([Si]2(c3ccccc3)c3ccccc3Nc3ccccc32)cc1. The van der Waals surface area contributed by atoms with E-state index in [0.29, 0.717) is 0 Å². The number of aryl methyl sites for hydroxylation is 3. The second kappa shape index (κ2) is 29.2. The van der Waals surface area contributed by atoms with Crippen molar-refractivity contribution in [3.05, 3.63) is 433 Å². The minimum absolute atomic E-state index is 0.742. The number of rotatable bonds is 10. The molecule has 0 aromatic heterocycles. The Morgan fingerprint density at radius 3 is 0.832 bits per heavy atom. The fourth-order valence-corrected chi connectivity index (χ4v) is 32.9. The van der Waals surface area contributed by atoms with Crippen molar-refractivity contribution >= 4 is 155 Å². The first-order valence-corrected chi connectivity index (χ1v) is 43.4. The van der Waals surface area contributed by atoms with Crippen LogP contribution in [0.3, 0.4) is 0 Å². The van der Waals surface area contributed by atoms with Gasteiger partial charge in [0.1, 0.15) is 0 Å². The topological polar surface area (TPSA) is 18.5 Å². The average molecular weight is 1460 g/mol. The second-order valence-electron chi connectivity index (χ2n) is 27.9. The Balaban J connectivity index is 0.000000166. The largest absolute Gasteiger partial charge is 0.356 e. The van der Waals surface area contributed by atoms with E-state index in [1.54, 1.807) is 0 Å². The smallest absolute Gasteiger partial charge is 0.184 e. The summed E-state index contributed by atoms with van der Waals surface area (Å²) in [5, 5.41) is 22.0. The van der Waals surface area contributed by atoms with E-state index < -0.39 is 24.2 Å². The van der Waals surface area contributed by atoms with E-state index in [1.165, 1.54) is 124 Å². The molecule has 107 heavy (non-hydrogen) atoms. The lowest BCUT2D eigenvalue weighted by Crippen LogP contribution is -2.77. The molecular weight excluding hydrogens is 1390 g/mol. The van der Waals surface area contributed by atoms with Gasteiger partial charge in [-0.2, -0.15) is 0 Å². The molecule has 0 atom stereocenters. The molecule has 0 aliphatic carbocycles. The van der Waals surface area contributed by atoms with Gasteiger partial charge in [0.25, 0.3) is 0 Å². The van der Waals surface area contributed by atoms with Crippen LogP contribution in [-0.2, 0) is 0 Å². The van der Waals surface area contributed by atoms with E-state index in [0.717, 1.165) is 32.5 Å². The predicted molar refractivity (Wildman–Crippen MR) is 465 cm³/mol. The molecule has 3 heterocycles. The third kappa shape index (κ3) is 11.9. The Hall–Kier alpha value is -11.8. The van der Waals surface area contributed by atoms with Crippen molar-refractivity contribution in [2.45, 2.75) is 20.8 Å². The highest BCUT2D eigenvalue weighted by atomic mass is 35.5. The number of nitrogens with one attached hydrogen (secondary N) is 1. The third-order valence-electron chi connectivity index (χ3n) is 22.0. The highest BCUT2D eigenvalue weighted by molar-refractivity contribution is 7.23. The number of hydrogen-bond acceptors (Lipinski definition) is 3. The molecule has 0 spiro atoms. The maximum Gasteiger partial charge on any atom is 0.184 e. The van der Waals surface area contributed by atoms with Crippen LogP contribution >= 0.6 is 23.2 Å². The van der Waals surface area contributed by atoms with Gasteiger partial charge >= 0.3 is 0 Å². The number of nitrogens with zero attached hydrogens (tertiary/aromatic N) is 2. The highest BCUT2D eigenvalue weighted by Crippen LogP contribution is 2.44. The summed E-state index contributed by atoms with van der Waals surface area (Å²) in [6.07, 6.45) is 0. The zero-order valence-corrected chi connectivity index (χ0v) is 64.3. The molecule has 0 amide bonds. The van der Waals surface area contributed by atoms with E-state index in [-0.39, 0.29) is 0 Å². The lowest BCUT2D eigenvalue weighted by molar-refractivity contribution is 1.27. The molecule has 0 fully saturated rings. The van der Waals surface area contributed by atoms with E-state index in [1.807, 2.05) is 42.5 Å². The molecule has 8 heteroatoms. The summed E-state index contributed by atoms with van der Waals surface area (Å²) in [6, 6.07) is 149. The summed E-state index contributed by atoms with van der Waals surface area (Å²) in [5.41, 5.74) is 18.1. The number of hydrogen-bond donors (Lipinski definition) is 1. The van der Waals surface area contributed by atoms with E-state index in [4.69, 9.17) is 23.2 Å². The van der Waals surface area contributed by atoms with Crippen LogP contribution in [-0.4, -0.2) is 24.2 Å². The van der Waals surface area contributed by atoms with Crippen LogP contribution in [0.4, 0.5) is 45.5 Å². The van der Waals surface area contributed by atoms with Gasteiger partial charge in [-0.25, -0.2) is 0 Å². The molecule has 514 valence electrons. The molecule has 3 aliphatic rings. The van der Waals surface area contributed by atoms with Gasteiger partial charge in [-0.3, -0.25) is 0 Å². The van der Waals surface area contributed by atoms with Crippen molar-refractivity contribution in [2.24, 2.45) is 0 Å². The minimum atomic E-state index is -2.73. The third-order valence-corrected chi connectivity index (χ3v) is 37.0. The molecule has 16 aromatic rings. The standard InChI is InChI=1S/C62H48N2Si2.C24H19NSi.C13H10Cl2/c1-45-39-41-47(63-55-31-15-19-35-59(55)65(49-23-7-3-8-24-49,50-25-9-4-10-26-50)60-36-20-16-32-56(60)63)43-53(45)54-44-48(42-40-46(54)2)64-57-33-17-21-37-61(57)66(51-27-11-5-12-28-51,52-29-13-6-14-30-52)62-38-22-18-34-58(62)64;1-3-11-19(12-4-1)26(20-13-5-2-6-14-20)23-17-9-7-15-21(23)25-22-16-8-10-18-24(22)26;1-9-5-6-12(15)8-13(9)10-3-2-4-11(14)7-10/h3-44H,1-2H3;1-18,25H;2-8H,1H3. The minimum Gasteiger partial charge on any atom is -0.356 e. The van der Waals surface area contributed by atoms with Crippen molar-refractivity contribution in [3.63, 3.8) is 0 Å². The fraction of sp³-hybridized carbons (Fsp3) is 0.0303. The van der Waals surface area contributed by atoms with Crippen LogP contribution < -0.4 is 77.4 Å². The summed E-state index contributed by atoms with van der Waals surface area (Å²) >= 11 is 11.9. The number of halogens is 2. The second-order valence-corrected chi connectivity index (χ2v) is 39.9. The lowest BCUT2D eigenvalue weighted by atomic mass is 9.94. The number of benzene rings is 16. The molecule has 0 bridgehead atoms. The van der Waals surface area contributed by atoms with Crippen molar-refractivity contribution in [1.82, 2.24) is 0 Å². The molecule has 3 aliphatic heterocycles. The number of anilines is 8. The quantitative estimate of drug-likeness (QED) is 0.138. The first-order valence-electron chi connectivity index (χ1n) is 36.7. The fourth-order valence-electron chi connectivity index (χ4n) is 17.3. The lowest BCUT2D eigenvalue weighted by Gasteiger charge is -2.45. The first-order chi connectivity index (χ1) is 52.7. The van der Waals surface area contributed by atoms with E-state index in [9.17, 15) is 0 Å². The maximum atomic E-state index is 5.97. The van der Waals surface area contributed by atoms with Crippen LogP contribution in [0.25, 0.3) is 22.3 Å². The summed E-state index contributed by atoms with van der Waals surface area (Å²) in [6.45, 7) is 6.58. The molecule has 19 rings (SSSR count). The molecule has 0 radical (unpaired) electrons. The van der Waals surface area contributed by atoms with Crippen LogP contribution in [0.1, 0.15) is 16.7 Å². The molecule has 0 unspecified atom stereocenters. The summed E-state index contributed by atoms with van der Waals surface area (Å²) < 4.78 is 0. The van der Waals surface area contributed by atoms with E-state index in [2.05, 4.69) is 400 Å². The monoisotopic (exact) mass is 1460 g/mol. The highest BCUT2D eigenvalue weighted by Gasteiger charge is 2.51. The van der Waals surface area contributed by atoms with Crippen molar-refractivity contribution in [3.8, 4) is 22.3 Å². The van der Waals surface area contributed by atoms with Gasteiger partial charge in [-0.15, -0.1) is 0 Å². The van der Waals surface area contributed by atoms with Gasteiger partial charge in [-0.1, -0.05) is 345 Å². The maximum absolute atomic E-state index is 5.97. The summed E-state index contributed by atoms with van der Waals surface area (Å²) in [5.74, 6) is 0. The average Bonchev–Trinajstić information content (AvgIpc) is 0.691. The van der Waals surface area contributed by atoms with Gasteiger partial charge < -0.3 is 15.1 Å². The van der Waals surface area contributed by atoms with Crippen molar-refractivity contribution in [1.29, 1.82) is 0 Å². The summed E-state index contributed by atoms with van der Waals surface area (Å²) in [4.78, 5) is 5.05. The Morgan fingerprint density at radius 1 is 0.224 bits per heavy atom. The van der Waals surface area contributed by atoms with Crippen LogP contribution in [0, 0.1) is 20.8 Å². The molecule has 0 saturated heterocycles. The van der Waals surface area contributed by atoms with Crippen LogP contribution in [0.5, 0.6) is 0 Å². The summed E-state index contributed by atoms with van der Waals surface area (Å²) in [7, 11) is -7.80. The van der Waals surface area contributed by atoms with Crippen molar-refractivity contribution < 1.29 is 0 Å². The number of para-hydroxylation sites is 6. The van der Waals surface area contributed by atoms with Gasteiger partial charge in [-0.05, 0) is 207 Å². The van der Waals surface area contributed by atoms with Crippen molar-refractivity contribution in [2.75, 3.05) is 15.1 Å². The molecule has 0 saturated carbocycles. The normalized spacial score (nSPS) is 13.5. The Bertz CT molecular complexity index is 5410. The predicted octanol–water partition coefficient (Wildman–Crippen LogP) is 18.4. The number of fused-ring (bicyclic) bond motifs is 6. The molecular formula is C99H77Cl2N3Si3. The van der Waals surface area contributed by atoms with Gasteiger partial charge in [0.2, 0.25) is 0 Å². The van der Waals surface area contributed by atoms with Crippen LogP contribution in [0.2, 0.25) is 10.0 Å². The zero-order chi connectivity index (χ0) is 72.5. The first kappa shape index (κ1) is 68.3. The van der Waals surface area contributed by atoms with E-state index >= 15 is 0 Å². The van der Waals surface area contributed by atoms with Gasteiger partial charge in [0, 0.05) is 55.5 Å². The molecule has 3 nitrogen and oxygen atoms in total. The van der Waals surface area contributed by atoms with Gasteiger partial charge in [0.05, 0.1) is 0 Å². The zero-order valence-electron chi connectivity index (χ0n) is 59.8. The van der Waals surface area contributed by atoms with Gasteiger partial charge in [0.15, 0.2) is 24.2 Å². The Labute approximate surface area is 641 Å². The Kier molecular flexibility index (Phi) is 18.7. The Morgan fingerprint density at radius 2 is 0.495 bits per heavy atom. The van der Waals surface area contributed by atoms with Crippen LogP contribution in [0.15, 0.2) is 406 Å². The molecule has 1 N–H and O–H groups in total. The molecule has 16 aromatic carbocycles.